The quantitative estimate of drug-likeness (QED) is 0.384. The van der Waals surface area contributed by atoms with Crippen LogP contribution in [-0.4, -0.2) is 85.9 Å². The van der Waals surface area contributed by atoms with E-state index in [-0.39, 0.29) is 63.8 Å². The molecular formula is C25H29F3N6O4S. The van der Waals surface area contributed by atoms with Crippen molar-refractivity contribution >= 4 is 32.6 Å². The van der Waals surface area contributed by atoms with Crippen LogP contribution in [0.15, 0.2) is 29.4 Å². The molecule has 1 amide bonds. The summed E-state index contributed by atoms with van der Waals surface area (Å²) in [5, 5.41) is 6.76. The number of sulfone groups is 1. The number of nitrogens with one attached hydrogen (secondary N) is 3. The summed E-state index contributed by atoms with van der Waals surface area (Å²) in [5.74, 6) is -0.501. The zero-order chi connectivity index (χ0) is 27.9. The van der Waals surface area contributed by atoms with Gasteiger partial charge < -0.3 is 25.3 Å². The average Bonchev–Trinajstić information content (AvgIpc) is 3.49. The number of halogens is 3. The van der Waals surface area contributed by atoms with Crippen molar-refractivity contribution in [3.8, 4) is 11.3 Å². The van der Waals surface area contributed by atoms with E-state index in [9.17, 15) is 26.4 Å². The Morgan fingerprint density at radius 2 is 1.90 bits per heavy atom. The highest BCUT2D eigenvalue weighted by molar-refractivity contribution is 7.91. The Bertz CT molecular complexity index is 1510. The monoisotopic (exact) mass is 566 g/mol. The maximum atomic E-state index is 14.0. The first-order valence-electron chi connectivity index (χ1n) is 12.6. The summed E-state index contributed by atoms with van der Waals surface area (Å²) >= 11 is 0. The molecule has 210 valence electrons. The maximum Gasteiger partial charge on any atom is 0.419 e. The predicted molar refractivity (Wildman–Crippen MR) is 138 cm³/mol. The number of alkyl halides is 3. The molecule has 0 saturated heterocycles. The molecular weight excluding hydrogens is 537 g/mol. The third-order valence-electron chi connectivity index (χ3n) is 7.12. The molecule has 2 atom stereocenters. The Labute approximate surface area is 223 Å². The van der Waals surface area contributed by atoms with Gasteiger partial charge in [-0.15, -0.1) is 0 Å². The fraction of sp³-hybridized carbons (Fsp3) is 0.480. The molecule has 3 N–H and O–H groups in total. The number of anilines is 1. The molecule has 2 aliphatic heterocycles. The topological polar surface area (TPSA) is 129 Å². The Morgan fingerprint density at radius 3 is 2.64 bits per heavy atom. The zero-order valence-electron chi connectivity index (χ0n) is 21.4. The van der Waals surface area contributed by atoms with Crippen molar-refractivity contribution in [3.05, 3.63) is 35.7 Å². The van der Waals surface area contributed by atoms with E-state index in [1.165, 1.54) is 30.3 Å². The fourth-order valence-electron chi connectivity index (χ4n) is 5.21. The second kappa shape index (κ2) is 10.4. The van der Waals surface area contributed by atoms with Crippen LogP contribution >= 0.6 is 0 Å². The summed E-state index contributed by atoms with van der Waals surface area (Å²) in [5.41, 5.74) is -1.45. The van der Waals surface area contributed by atoms with Gasteiger partial charge in [0.1, 0.15) is 10.5 Å². The van der Waals surface area contributed by atoms with Crippen LogP contribution in [0, 0.1) is 0 Å². The van der Waals surface area contributed by atoms with Gasteiger partial charge in [-0.3, -0.25) is 4.79 Å². The van der Waals surface area contributed by atoms with E-state index in [1.54, 1.807) is 0 Å². The summed E-state index contributed by atoms with van der Waals surface area (Å²) in [6.45, 7) is 1.50. The highest BCUT2D eigenvalue weighted by Gasteiger charge is 2.37. The van der Waals surface area contributed by atoms with Crippen LogP contribution < -0.4 is 10.6 Å². The third kappa shape index (κ3) is 5.58. The number of ether oxygens (including phenoxy) is 1. The Kier molecular flexibility index (Phi) is 7.29. The SMILES string of the molecule is CN1CCOCCN[C@H]2CC[C@@H](C2)Nc2ncc(C(F)(F)F)c(n2)-c2c[nH]c3c(S(C)(=O)=O)c(ccc23)C1=O. The Balaban J connectivity index is 1.68. The molecule has 1 aromatic carbocycles. The predicted octanol–water partition coefficient (Wildman–Crippen LogP) is 3.07. The largest absolute Gasteiger partial charge is 0.419 e. The number of carbonyl (C=O) groups is 1. The van der Waals surface area contributed by atoms with E-state index < -0.39 is 27.5 Å². The number of benzene rings is 1. The molecule has 8 bridgehead atoms. The molecule has 2 aromatic heterocycles. The first-order chi connectivity index (χ1) is 18.4. The number of H-pyrrole nitrogens is 1. The molecule has 3 aliphatic rings. The van der Waals surface area contributed by atoms with Gasteiger partial charge >= 0.3 is 6.18 Å². The van der Waals surface area contributed by atoms with E-state index in [1.807, 2.05) is 0 Å². The minimum atomic E-state index is -4.76. The lowest BCUT2D eigenvalue weighted by molar-refractivity contribution is -0.137. The molecule has 4 heterocycles. The van der Waals surface area contributed by atoms with Crippen LogP contribution in [0.25, 0.3) is 22.2 Å². The van der Waals surface area contributed by atoms with Crippen LogP contribution in [0.2, 0.25) is 0 Å². The number of rotatable bonds is 1. The molecule has 14 heteroatoms. The van der Waals surface area contributed by atoms with Crippen LogP contribution in [0.3, 0.4) is 0 Å². The molecule has 0 spiro atoms. The second-order valence-corrected chi connectivity index (χ2v) is 11.9. The van der Waals surface area contributed by atoms with Crippen molar-refractivity contribution in [1.29, 1.82) is 0 Å². The molecule has 0 unspecified atom stereocenters. The van der Waals surface area contributed by atoms with Crippen molar-refractivity contribution in [2.24, 2.45) is 0 Å². The van der Waals surface area contributed by atoms with Crippen LogP contribution in [0.1, 0.15) is 35.2 Å². The molecule has 1 saturated carbocycles. The van der Waals surface area contributed by atoms with E-state index >= 15 is 0 Å². The van der Waals surface area contributed by atoms with Gasteiger partial charge in [0.15, 0.2) is 9.84 Å². The van der Waals surface area contributed by atoms with E-state index in [4.69, 9.17) is 4.74 Å². The summed E-state index contributed by atoms with van der Waals surface area (Å²) in [6.07, 6.45) is 0.626. The molecule has 3 aromatic rings. The number of aromatic amines is 1. The molecule has 6 rings (SSSR count). The molecule has 10 nitrogen and oxygen atoms in total. The van der Waals surface area contributed by atoms with Gasteiger partial charge in [0.2, 0.25) is 5.95 Å². The molecule has 39 heavy (non-hydrogen) atoms. The minimum absolute atomic E-state index is 0.0272. The van der Waals surface area contributed by atoms with E-state index in [0.717, 1.165) is 31.7 Å². The number of fused-ring (bicyclic) bond motifs is 8. The maximum absolute atomic E-state index is 14.0. The van der Waals surface area contributed by atoms with Crippen molar-refractivity contribution < 1.29 is 31.1 Å². The number of carbonyl (C=O) groups excluding carboxylic acids is 1. The number of nitrogens with zero attached hydrogens (tertiary/aromatic N) is 3. The van der Waals surface area contributed by atoms with Crippen molar-refractivity contribution in [2.45, 2.75) is 42.4 Å². The van der Waals surface area contributed by atoms with Gasteiger partial charge in [-0.05, 0) is 25.3 Å². The van der Waals surface area contributed by atoms with Gasteiger partial charge in [-0.1, -0.05) is 6.07 Å². The standard InChI is InChI=1S/C25H29F3N6O4S/c1-34-8-10-38-9-7-29-14-3-4-15(11-14)32-24-31-13-19(25(26,27)28)20(33-24)18-12-30-21-16(18)5-6-17(23(34)35)22(21)39(2,36)37/h5-6,12-15,29-30H,3-4,7-11H2,1-2H3,(H,31,32,33)/t14-,15-/m0/s1. The Morgan fingerprint density at radius 1 is 1.13 bits per heavy atom. The van der Waals surface area contributed by atoms with E-state index in [2.05, 4.69) is 25.6 Å². The lowest BCUT2D eigenvalue weighted by Crippen LogP contribution is -2.33. The lowest BCUT2D eigenvalue weighted by atomic mass is 10.0. The molecule has 1 fully saturated rings. The summed E-state index contributed by atoms with van der Waals surface area (Å²) < 4.78 is 73.6. The van der Waals surface area contributed by atoms with Crippen LogP contribution in [-0.2, 0) is 20.8 Å². The third-order valence-corrected chi connectivity index (χ3v) is 8.29. The number of amides is 1. The molecule has 1 aliphatic carbocycles. The van der Waals surface area contributed by atoms with Gasteiger partial charge in [-0.2, -0.15) is 13.2 Å². The van der Waals surface area contributed by atoms with Gasteiger partial charge in [0.05, 0.1) is 30.0 Å². The first kappa shape index (κ1) is 27.3. The van der Waals surface area contributed by atoms with Crippen LogP contribution in [0.5, 0.6) is 0 Å². The van der Waals surface area contributed by atoms with Crippen molar-refractivity contribution in [3.63, 3.8) is 0 Å². The van der Waals surface area contributed by atoms with Gasteiger partial charge in [0.25, 0.3) is 5.91 Å². The Hall–Kier alpha value is -3.23. The van der Waals surface area contributed by atoms with Gasteiger partial charge in [0, 0.05) is 61.8 Å². The highest BCUT2D eigenvalue weighted by Crippen LogP contribution is 2.40. The van der Waals surface area contributed by atoms with Crippen molar-refractivity contribution in [2.75, 3.05) is 44.9 Å². The summed E-state index contributed by atoms with van der Waals surface area (Å²) in [7, 11) is -2.44. The minimum Gasteiger partial charge on any atom is -0.378 e. The second-order valence-electron chi connectivity index (χ2n) is 9.94. The highest BCUT2D eigenvalue weighted by atomic mass is 32.2. The van der Waals surface area contributed by atoms with Crippen molar-refractivity contribution in [1.82, 2.24) is 25.2 Å². The first-order valence-corrected chi connectivity index (χ1v) is 14.4. The number of likely N-dealkylation sites (N-methyl/N-ethyl adjacent to an activating group) is 1. The summed E-state index contributed by atoms with van der Waals surface area (Å²) in [6, 6.07) is 2.95. The fourth-order valence-corrected chi connectivity index (χ4v) is 6.31. The van der Waals surface area contributed by atoms with Gasteiger partial charge in [-0.25, -0.2) is 18.4 Å². The number of hydrogen-bond donors (Lipinski definition) is 3. The normalized spacial score (nSPS) is 21.5. The smallest absolute Gasteiger partial charge is 0.378 e. The van der Waals surface area contributed by atoms with E-state index in [0.29, 0.717) is 13.2 Å². The average molecular weight is 567 g/mol. The lowest BCUT2D eigenvalue weighted by Gasteiger charge is -2.20. The van der Waals surface area contributed by atoms with Crippen LogP contribution in [0.4, 0.5) is 19.1 Å². The number of hydrogen-bond acceptors (Lipinski definition) is 8. The molecule has 0 radical (unpaired) electrons. The number of aromatic nitrogens is 3. The zero-order valence-corrected chi connectivity index (χ0v) is 22.2. The summed E-state index contributed by atoms with van der Waals surface area (Å²) in [4.78, 5) is 25.3.